The Morgan fingerprint density at radius 1 is 1.33 bits per heavy atom. The minimum Gasteiger partial charge on any atom is -0.324 e. The van der Waals surface area contributed by atoms with E-state index in [1.807, 2.05) is 38.1 Å². The number of carbonyl (C=O) groups is 1. The molecule has 1 aromatic heterocycles. The summed E-state index contributed by atoms with van der Waals surface area (Å²) in [5, 5.41) is 4.83. The Bertz CT molecular complexity index is 560. The Morgan fingerprint density at radius 2 is 2.11 bits per heavy atom. The lowest BCUT2D eigenvalue weighted by Crippen LogP contribution is -2.39. The average molecular weight is 243 g/mol. The molecular weight excluding hydrogens is 226 g/mol. The molecule has 0 fully saturated rings. The van der Waals surface area contributed by atoms with E-state index in [2.05, 4.69) is 10.3 Å². The van der Waals surface area contributed by atoms with Crippen LogP contribution < -0.4 is 11.1 Å². The number of fused-ring (bicyclic) bond motifs is 1. The molecule has 2 rings (SSSR count). The molecule has 1 amide bonds. The number of nitrogens with two attached hydrogens (primary N) is 1. The lowest BCUT2D eigenvalue weighted by molar-refractivity contribution is -0.118. The number of anilines is 1. The fraction of sp³-hybridized carbons (Fsp3) is 0.286. The summed E-state index contributed by atoms with van der Waals surface area (Å²) in [6, 6.07) is 7.15. The highest BCUT2D eigenvalue weighted by molar-refractivity contribution is 6.03. The van der Waals surface area contributed by atoms with Crippen LogP contribution in [0, 0.1) is 5.92 Å². The second-order valence-corrected chi connectivity index (χ2v) is 4.66. The summed E-state index contributed by atoms with van der Waals surface area (Å²) < 4.78 is 0. The highest BCUT2D eigenvalue weighted by Gasteiger charge is 2.17. The largest absolute Gasteiger partial charge is 0.324 e. The predicted octanol–water partition coefficient (Wildman–Crippen LogP) is 2.16. The van der Waals surface area contributed by atoms with E-state index in [-0.39, 0.29) is 11.8 Å². The second kappa shape index (κ2) is 5.14. The standard InChI is InChI=1S/C14H17N3O/c1-9(2)13(15)14(18)17-12-5-3-4-10-6-7-16-8-11(10)12/h3-9,13H,15H2,1-2H3,(H,17,18). The van der Waals surface area contributed by atoms with Gasteiger partial charge in [-0.3, -0.25) is 9.78 Å². The van der Waals surface area contributed by atoms with Gasteiger partial charge < -0.3 is 11.1 Å². The smallest absolute Gasteiger partial charge is 0.241 e. The monoisotopic (exact) mass is 243 g/mol. The normalized spacial score (nSPS) is 12.7. The molecule has 0 radical (unpaired) electrons. The number of hydrogen-bond donors (Lipinski definition) is 2. The zero-order chi connectivity index (χ0) is 13.1. The Hall–Kier alpha value is -1.94. The highest BCUT2D eigenvalue weighted by atomic mass is 16.2. The van der Waals surface area contributed by atoms with Gasteiger partial charge in [0, 0.05) is 17.8 Å². The maximum Gasteiger partial charge on any atom is 0.241 e. The first-order valence-electron chi connectivity index (χ1n) is 5.99. The van der Waals surface area contributed by atoms with E-state index in [4.69, 9.17) is 5.73 Å². The molecule has 1 unspecified atom stereocenters. The Morgan fingerprint density at radius 3 is 2.83 bits per heavy atom. The maximum absolute atomic E-state index is 11.9. The molecule has 0 saturated heterocycles. The van der Waals surface area contributed by atoms with Gasteiger partial charge in [-0.05, 0) is 23.4 Å². The van der Waals surface area contributed by atoms with Crippen molar-refractivity contribution in [3.8, 4) is 0 Å². The molecule has 0 spiro atoms. The number of pyridine rings is 1. The van der Waals surface area contributed by atoms with Gasteiger partial charge in [-0.25, -0.2) is 0 Å². The molecule has 3 N–H and O–H groups in total. The topological polar surface area (TPSA) is 68.0 Å². The summed E-state index contributed by atoms with van der Waals surface area (Å²) in [5.41, 5.74) is 6.58. The van der Waals surface area contributed by atoms with Crippen LogP contribution in [-0.2, 0) is 4.79 Å². The van der Waals surface area contributed by atoms with Gasteiger partial charge in [0.2, 0.25) is 5.91 Å². The van der Waals surface area contributed by atoms with Gasteiger partial charge in [0.25, 0.3) is 0 Å². The SMILES string of the molecule is CC(C)C(N)C(=O)Nc1cccc2ccncc12. The zero-order valence-electron chi connectivity index (χ0n) is 10.6. The molecule has 0 aliphatic rings. The number of amides is 1. The van der Waals surface area contributed by atoms with E-state index >= 15 is 0 Å². The molecule has 4 nitrogen and oxygen atoms in total. The van der Waals surface area contributed by atoms with Crippen LogP contribution in [0.5, 0.6) is 0 Å². The molecule has 1 aromatic carbocycles. The van der Waals surface area contributed by atoms with Crippen LogP contribution in [0.15, 0.2) is 36.7 Å². The number of benzene rings is 1. The first-order valence-corrected chi connectivity index (χ1v) is 5.99. The van der Waals surface area contributed by atoms with Crippen molar-refractivity contribution >= 4 is 22.4 Å². The summed E-state index contributed by atoms with van der Waals surface area (Å²) in [5.74, 6) is -0.0561. The van der Waals surface area contributed by atoms with E-state index in [1.54, 1.807) is 12.4 Å². The quantitative estimate of drug-likeness (QED) is 0.868. The van der Waals surface area contributed by atoms with Crippen LogP contribution in [0.4, 0.5) is 5.69 Å². The molecule has 1 heterocycles. The molecular formula is C14H17N3O. The van der Waals surface area contributed by atoms with Crippen LogP contribution in [0.25, 0.3) is 10.8 Å². The van der Waals surface area contributed by atoms with E-state index in [0.29, 0.717) is 0 Å². The number of aromatic nitrogens is 1. The summed E-state index contributed by atoms with van der Waals surface area (Å²) >= 11 is 0. The van der Waals surface area contributed by atoms with Crippen molar-refractivity contribution in [2.45, 2.75) is 19.9 Å². The van der Waals surface area contributed by atoms with Crippen LogP contribution >= 0.6 is 0 Å². The van der Waals surface area contributed by atoms with E-state index in [9.17, 15) is 4.79 Å². The van der Waals surface area contributed by atoms with Gasteiger partial charge in [-0.1, -0.05) is 26.0 Å². The van der Waals surface area contributed by atoms with Crippen LogP contribution in [0.2, 0.25) is 0 Å². The van der Waals surface area contributed by atoms with Crippen molar-refractivity contribution in [1.29, 1.82) is 0 Å². The first kappa shape index (κ1) is 12.5. The minimum atomic E-state index is -0.503. The Balaban J connectivity index is 2.30. The summed E-state index contributed by atoms with van der Waals surface area (Å²) in [6.07, 6.45) is 3.47. The molecule has 18 heavy (non-hydrogen) atoms. The molecule has 0 bridgehead atoms. The Labute approximate surface area is 106 Å². The molecule has 1 atom stereocenters. The van der Waals surface area contributed by atoms with Gasteiger partial charge in [0.05, 0.1) is 11.7 Å². The highest BCUT2D eigenvalue weighted by Crippen LogP contribution is 2.22. The first-order chi connectivity index (χ1) is 8.59. The van der Waals surface area contributed by atoms with Crippen LogP contribution in [-0.4, -0.2) is 16.9 Å². The van der Waals surface area contributed by atoms with Crippen LogP contribution in [0.1, 0.15) is 13.8 Å². The lowest BCUT2D eigenvalue weighted by Gasteiger charge is -2.16. The predicted molar refractivity (Wildman–Crippen MR) is 73.2 cm³/mol. The van der Waals surface area contributed by atoms with E-state index in [1.165, 1.54) is 0 Å². The average Bonchev–Trinajstić information content (AvgIpc) is 2.38. The van der Waals surface area contributed by atoms with Crippen molar-refractivity contribution in [2.24, 2.45) is 11.7 Å². The van der Waals surface area contributed by atoms with Gasteiger partial charge >= 0.3 is 0 Å². The molecule has 0 aliphatic carbocycles. The third-order valence-electron chi connectivity index (χ3n) is 2.96. The third-order valence-corrected chi connectivity index (χ3v) is 2.96. The van der Waals surface area contributed by atoms with Crippen molar-refractivity contribution in [1.82, 2.24) is 4.98 Å². The number of nitrogens with zero attached hydrogens (tertiary/aromatic N) is 1. The van der Waals surface area contributed by atoms with Crippen LogP contribution in [0.3, 0.4) is 0 Å². The molecule has 4 heteroatoms. The van der Waals surface area contributed by atoms with E-state index in [0.717, 1.165) is 16.5 Å². The summed E-state index contributed by atoms with van der Waals surface area (Å²) in [6.45, 7) is 3.85. The number of carbonyl (C=O) groups excluding carboxylic acids is 1. The van der Waals surface area contributed by atoms with Crippen molar-refractivity contribution in [3.63, 3.8) is 0 Å². The molecule has 0 saturated carbocycles. The number of nitrogens with one attached hydrogen (secondary N) is 1. The minimum absolute atomic E-state index is 0.109. The van der Waals surface area contributed by atoms with Gasteiger partial charge in [0.15, 0.2) is 0 Å². The fourth-order valence-corrected chi connectivity index (χ4v) is 1.74. The lowest BCUT2D eigenvalue weighted by atomic mass is 10.0. The van der Waals surface area contributed by atoms with Gasteiger partial charge in [-0.2, -0.15) is 0 Å². The Kier molecular flexibility index (Phi) is 3.58. The van der Waals surface area contributed by atoms with Gasteiger partial charge in [0.1, 0.15) is 0 Å². The molecule has 0 aliphatic heterocycles. The molecule has 2 aromatic rings. The van der Waals surface area contributed by atoms with E-state index < -0.39 is 6.04 Å². The van der Waals surface area contributed by atoms with Gasteiger partial charge in [-0.15, -0.1) is 0 Å². The van der Waals surface area contributed by atoms with Crippen molar-refractivity contribution < 1.29 is 4.79 Å². The zero-order valence-corrected chi connectivity index (χ0v) is 10.6. The molecule has 94 valence electrons. The maximum atomic E-state index is 11.9. The number of rotatable bonds is 3. The number of hydrogen-bond acceptors (Lipinski definition) is 3. The van der Waals surface area contributed by atoms with Crippen molar-refractivity contribution in [3.05, 3.63) is 36.7 Å². The second-order valence-electron chi connectivity index (χ2n) is 4.66. The summed E-state index contributed by atoms with van der Waals surface area (Å²) in [4.78, 5) is 16.0. The fourth-order valence-electron chi connectivity index (χ4n) is 1.74. The third kappa shape index (κ3) is 2.49. The van der Waals surface area contributed by atoms with Crippen molar-refractivity contribution in [2.75, 3.05) is 5.32 Å². The summed E-state index contributed by atoms with van der Waals surface area (Å²) in [7, 11) is 0.